The Kier molecular flexibility index (Phi) is 5.86. The molecule has 0 spiro atoms. The van der Waals surface area contributed by atoms with Crippen LogP contribution in [0.25, 0.3) is 0 Å². The van der Waals surface area contributed by atoms with E-state index in [0.29, 0.717) is 5.92 Å². The fourth-order valence-corrected chi connectivity index (χ4v) is 1.98. The number of benzene rings is 1. The van der Waals surface area contributed by atoms with Gasteiger partial charge in [0.2, 0.25) is 0 Å². The Bertz CT molecular complexity index is 362. The first kappa shape index (κ1) is 14.7. The van der Waals surface area contributed by atoms with Gasteiger partial charge in [-0.2, -0.15) is 0 Å². The van der Waals surface area contributed by atoms with Crippen LogP contribution < -0.4 is 5.73 Å². The number of carbonyl (C=O) groups is 1. The van der Waals surface area contributed by atoms with Crippen molar-refractivity contribution in [3.63, 3.8) is 0 Å². The first-order valence-corrected chi connectivity index (χ1v) is 6.49. The number of nitrogens with two attached hydrogens (primary N) is 1. The van der Waals surface area contributed by atoms with Crippen LogP contribution in [0.2, 0.25) is 0 Å². The molecule has 0 radical (unpaired) electrons. The molecule has 2 N–H and O–H groups in total. The van der Waals surface area contributed by atoms with Gasteiger partial charge in [0.15, 0.2) is 0 Å². The summed E-state index contributed by atoms with van der Waals surface area (Å²) in [6, 6.07) is 9.33. The van der Waals surface area contributed by atoms with Gasteiger partial charge in [-0.05, 0) is 24.8 Å². The van der Waals surface area contributed by atoms with Crippen LogP contribution in [0.3, 0.4) is 0 Å². The summed E-state index contributed by atoms with van der Waals surface area (Å²) in [5, 5.41) is 0. The SMILES string of the molecule is CC(C)CC(C)OC(=O)CC(N)c1ccccc1. The van der Waals surface area contributed by atoms with Crippen LogP contribution in [0, 0.1) is 5.92 Å². The summed E-state index contributed by atoms with van der Waals surface area (Å²) in [6.07, 6.45) is 1.07. The maximum atomic E-state index is 11.7. The number of esters is 1. The van der Waals surface area contributed by atoms with Gasteiger partial charge in [-0.3, -0.25) is 4.79 Å². The molecule has 0 saturated heterocycles. The first-order valence-electron chi connectivity index (χ1n) is 6.49. The summed E-state index contributed by atoms with van der Waals surface area (Å²) in [7, 11) is 0. The summed E-state index contributed by atoms with van der Waals surface area (Å²) in [5.74, 6) is 0.301. The molecule has 0 fully saturated rings. The van der Waals surface area contributed by atoms with Crippen molar-refractivity contribution in [3.05, 3.63) is 35.9 Å². The lowest BCUT2D eigenvalue weighted by Gasteiger charge is -2.17. The molecule has 1 aromatic rings. The van der Waals surface area contributed by atoms with Gasteiger partial charge < -0.3 is 10.5 Å². The zero-order valence-electron chi connectivity index (χ0n) is 11.4. The first-order chi connectivity index (χ1) is 8.49. The smallest absolute Gasteiger partial charge is 0.307 e. The number of hydrogen-bond donors (Lipinski definition) is 1. The van der Waals surface area contributed by atoms with Gasteiger partial charge in [0, 0.05) is 6.04 Å². The van der Waals surface area contributed by atoms with E-state index < -0.39 is 0 Å². The van der Waals surface area contributed by atoms with Crippen LogP contribution in [0.1, 0.15) is 45.2 Å². The summed E-state index contributed by atoms with van der Waals surface area (Å²) in [6.45, 7) is 6.14. The van der Waals surface area contributed by atoms with Crippen molar-refractivity contribution in [3.8, 4) is 0 Å². The lowest BCUT2D eigenvalue weighted by Crippen LogP contribution is -2.21. The molecule has 0 amide bonds. The fraction of sp³-hybridized carbons (Fsp3) is 0.533. The second-order valence-corrected chi connectivity index (χ2v) is 5.15. The highest BCUT2D eigenvalue weighted by molar-refractivity contribution is 5.70. The highest BCUT2D eigenvalue weighted by Crippen LogP contribution is 2.15. The predicted molar refractivity (Wildman–Crippen MR) is 73.0 cm³/mol. The quantitative estimate of drug-likeness (QED) is 0.788. The normalized spacial score (nSPS) is 14.3. The maximum absolute atomic E-state index is 11.7. The molecule has 1 rings (SSSR count). The van der Waals surface area contributed by atoms with Gasteiger partial charge in [0.05, 0.1) is 12.5 Å². The molecule has 100 valence electrons. The van der Waals surface area contributed by atoms with Gasteiger partial charge in [-0.15, -0.1) is 0 Å². The van der Waals surface area contributed by atoms with Crippen LogP contribution in [0.5, 0.6) is 0 Å². The third kappa shape index (κ3) is 5.32. The van der Waals surface area contributed by atoms with Crippen molar-refractivity contribution < 1.29 is 9.53 Å². The Labute approximate surface area is 109 Å². The largest absolute Gasteiger partial charge is 0.463 e. The van der Waals surface area contributed by atoms with Crippen molar-refractivity contribution in [2.24, 2.45) is 11.7 Å². The molecule has 2 unspecified atom stereocenters. The molecule has 3 nitrogen and oxygen atoms in total. The second-order valence-electron chi connectivity index (χ2n) is 5.15. The second kappa shape index (κ2) is 7.17. The minimum atomic E-state index is -0.287. The van der Waals surface area contributed by atoms with Gasteiger partial charge >= 0.3 is 5.97 Å². The van der Waals surface area contributed by atoms with E-state index in [9.17, 15) is 4.79 Å². The van der Waals surface area contributed by atoms with Crippen LogP contribution in [-0.4, -0.2) is 12.1 Å². The Morgan fingerprint density at radius 2 is 1.83 bits per heavy atom. The Morgan fingerprint density at radius 3 is 2.39 bits per heavy atom. The Balaban J connectivity index is 2.41. The van der Waals surface area contributed by atoms with E-state index in [1.807, 2.05) is 37.3 Å². The van der Waals surface area contributed by atoms with E-state index in [4.69, 9.17) is 10.5 Å². The third-order valence-electron chi connectivity index (χ3n) is 2.75. The van der Waals surface area contributed by atoms with E-state index in [1.165, 1.54) is 0 Å². The number of hydrogen-bond acceptors (Lipinski definition) is 3. The van der Waals surface area contributed by atoms with Gasteiger partial charge in [-0.1, -0.05) is 44.2 Å². The average Bonchev–Trinajstić information content (AvgIpc) is 2.28. The van der Waals surface area contributed by atoms with E-state index in [0.717, 1.165) is 12.0 Å². The van der Waals surface area contributed by atoms with E-state index in [2.05, 4.69) is 13.8 Å². The third-order valence-corrected chi connectivity index (χ3v) is 2.75. The number of rotatable bonds is 6. The summed E-state index contributed by atoms with van der Waals surface area (Å²) in [5.41, 5.74) is 6.94. The molecule has 3 heteroatoms. The Morgan fingerprint density at radius 1 is 1.22 bits per heavy atom. The molecule has 0 heterocycles. The van der Waals surface area contributed by atoms with Gasteiger partial charge in [0.1, 0.15) is 0 Å². The standard InChI is InChI=1S/C15H23NO2/c1-11(2)9-12(3)18-15(17)10-14(16)13-7-5-4-6-8-13/h4-8,11-12,14H,9-10,16H2,1-3H3. The van der Waals surface area contributed by atoms with Gasteiger partial charge in [0.25, 0.3) is 0 Å². The molecular weight excluding hydrogens is 226 g/mol. The lowest BCUT2D eigenvalue weighted by atomic mass is 10.0. The van der Waals surface area contributed by atoms with E-state index in [-0.39, 0.29) is 24.5 Å². The van der Waals surface area contributed by atoms with E-state index in [1.54, 1.807) is 0 Å². The summed E-state index contributed by atoms with van der Waals surface area (Å²) >= 11 is 0. The van der Waals surface area contributed by atoms with Crippen LogP contribution in [0.15, 0.2) is 30.3 Å². The van der Waals surface area contributed by atoms with Crippen molar-refractivity contribution >= 4 is 5.97 Å². The van der Waals surface area contributed by atoms with E-state index >= 15 is 0 Å². The fourth-order valence-electron chi connectivity index (χ4n) is 1.98. The molecule has 0 saturated carbocycles. The summed E-state index contributed by atoms with van der Waals surface area (Å²) < 4.78 is 5.33. The van der Waals surface area contributed by atoms with Crippen molar-refractivity contribution in [2.45, 2.75) is 45.8 Å². The monoisotopic (exact) mass is 249 g/mol. The predicted octanol–water partition coefficient (Wildman–Crippen LogP) is 3.05. The van der Waals surface area contributed by atoms with Crippen molar-refractivity contribution in [1.82, 2.24) is 0 Å². The van der Waals surface area contributed by atoms with Crippen molar-refractivity contribution in [1.29, 1.82) is 0 Å². The molecule has 0 aliphatic heterocycles. The van der Waals surface area contributed by atoms with Crippen LogP contribution in [0.4, 0.5) is 0 Å². The van der Waals surface area contributed by atoms with Crippen LogP contribution in [-0.2, 0) is 9.53 Å². The average molecular weight is 249 g/mol. The number of ether oxygens (including phenoxy) is 1. The molecule has 1 aromatic carbocycles. The molecular formula is C15H23NO2. The molecule has 0 aliphatic rings. The Hall–Kier alpha value is -1.35. The highest BCUT2D eigenvalue weighted by atomic mass is 16.5. The zero-order valence-corrected chi connectivity index (χ0v) is 11.4. The minimum absolute atomic E-state index is 0.0412. The lowest BCUT2D eigenvalue weighted by molar-refractivity contribution is -0.149. The van der Waals surface area contributed by atoms with Crippen LogP contribution >= 0.6 is 0 Å². The highest BCUT2D eigenvalue weighted by Gasteiger charge is 2.15. The summed E-state index contributed by atoms with van der Waals surface area (Å²) in [4.78, 5) is 11.7. The number of carbonyl (C=O) groups excluding carboxylic acids is 1. The van der Waals surface area contributed by atoms with Gasteiger partial charge in [-0.25, -0.2) is 0 Å². The maximum Gasteiger partial charge on any atom is 0.307 e. The molecule has 0 aliphatic carbocycles. The topological polar surface area (TPSA) is 52.3 Å². The molecule has 18 heavy (non-hydrogen) atoms. The molecule has 0 aromatic heterocycles. The molecule has 0 bridgehead atoms. The van der Waals surface area contributed by atoms with Crippen molar-refractivity contribution in [2.75, 3.05) is 0 Å². The minimum Gasteiger partial charge on any atom is -0.463 e. The molecule has 2 atom stereocenters. The zero-order chi connectivity index (χ0) is 13.5.